The summed E-state index contributed by atoms with van der Waals surface area (Å²) in [4.78, 5) is 16.8. The van der Waals surface area contributed by atoms with Crippen molar-refractivity contribution in [1.29, 1.82) is 0 Å². The molecule has 3 N–H and O–H groups in total. The number of amides is 1. The Labute approximate surface area is 115 Å². The Morgan fingerprint density at radius 3 is 2.74 bits per heavy atom. The molecule has 6 nitrogen and oxygen atoms in total. The van der Waals surface area contributed by atoms with E-state index in [1.54, 1.807) is 0 Å². The number of carbonyl (C=O) groups excluding carboxylic acids is 1. The Kier molecular flexibility index (Phi) is 4.78. The SMILES string of the molecule is CN1CCN(C)C(CNC(=O)C2(N)CCOCC2)C1. The number of hydrogen-bond acceptors (Lipinski definition) is 5. The van der Waals surface area contributed by atoms with Gasteiger partial charge in [0.05, 0.1) is 5.54 Å². The fourth-order valence-corrected chi connectivity index (χ4v) is 2.67. The van der Waals surface area contributed by atoms with E-state index in [0.717, 1.165) is 19.6 Å². The molecule has 0 aromatic rings. The van der Waals surface area contributed by atoms with E-state index >= 15 is 0 Å². The zero-order chi connectivity index (χ0) is 13.9. The molecule has 110 valence electrons. The van der Waals surface area contributed by atoms with Crippen LogP contribution in [0, 0.1) is 0 Å². The average Bonchev–Trinajstić information content (AvgIpc) is 2.40. The molecule has 0 spiro atoms. The molecule has 2 fully saturated rings. The summed E-state index contributed by atoms with van der Waals surface area (Å²) >= 11 is 0. The van der Waals surface area contributed by atoms with Crippen LogP contribution in [0.3, 0.4) is 0 Å². The Balaban J connectivity index is 1.82. The highest BCUT2D eigenvalue weighted by atomic mass is 16.5. The normalized spacial score (nSPS) is 29.1. The standard InChI is InChI=1S/C13H26N4O2/c1-16-5-6-17(2)11(10-16)9-15-12(18)13(14)3-7-19-8-4-13/h11H,3-10,14H2,1-2H3,(H,15,18). The van der Waals surface area contributed by atoms with Crippen LogP contribution in [-0.4, -0.2) is 80.8 Å². The second-order valence-electron chi connectivity index (χ2n) is 5.88. The Hall–Kier alpha value is -0.690. The Morgan fingerprint density at radius 2 is 2.05 bits per heavy atom. The first kappa shape index (κ1) is 14.7. The molecule has 1 unspecified atom stereocenters. The lowest BCUT2D eigenvalue weighted by Crippen LogP contribution is -2.60. The largest absolute Gasteiger partial charge is 0.381 e. The molecule has 1 amide bonds. The number of rotatable bonds is 3. The van der Waals surface area contributed by atoms with E-state index in [2.05, 4.69) is 29.2 Å². The van der Waals surface area contributed by atoms with Crippen LogP contribution in [-0.2, 0) is 9.53 Å². The van der Waals surface area contributed by atoms with Crippen LogP contribution in [0.25, 0.3) is 0 Å². The van der Waals surface area contributed by atoms with Crippen molar-refractivity contribution in [2.24, 2.45) is 5.73 Å². The van der Waals surface area contributed by atoms with Gasteiger partial charge in [0.15, 0.2) is 0 Å². The maximum atomic E-state index is 12.2. The molecule has 0 saturated carbocycles. The minimum Gasteiger partial charge on any atom is -0.381 e. The smallest absolute Gasteiger partial charge is 0.240 e. The summed E-state index contributed by atoms with van der Waals surface area (Å²) in [5, 5.41) is 3.03. The van der Waals surface area contributed by atoms with Crippen LogP contribution >= 0.6 is 0 Å². The van der Waals surface area contributed by atoms with Gasteiger partial charge in [0.25, 0.3) is 0 Å². The topological polar surface area (TPSA) is 70.8 Å². The van der Waals surface area contributed by atoms with Crippen molar-refractivity contribution >= 4 is 5.91 Å². The first-order chi connectivity index (χ1) is 9.01. The van der Waals surface area contributed by atoms with Gasteiger partial charge in [-0.05, 0) is 26.9 Å². The van der Waals surface area contributed by atoms with Gasteiger partial charge >= 0.3 is 0 Å². The molecule has 0 aromatic heterocycles. The van der Waals surface area contributed by atoms with Crippen LogP contribution in [0.4, 0.5) is 0 Å². The molecule has 0 bridgehead atoms. The third kappa shape index (κ3) is 3.66. The summed E-state index contributed by atoms with van der Waals surface area (Å²) in [6.07, 6.45) is 1.22. The lowest BCUT2D eigenvalue weighted by molar-refractivity contribution is -0.130. The number of nitrogens with one attached hydrogen (secondary N) is 1. The second-order valence-corrected chi connectivity index (χ2v) is 5.88. The molecule has 2 aliphatic rings. The molecule has 2 heterocycles. The molecule has 0 aliphatic carbocycles. The number of carbonyl (C=O) groups is 1. The minimum atomic E-state index is -0.739. The van der Waals surface area contributed by atoms with Gasteiger partial charge in [-0.3, -0.25) is 9.69 Å². The quantitative estimate of drug-likeness (QED) is 0.678. The molecule has 0 radical (unpaired) electrons. The minimum absolute atomic E-state index is 0.0302. The zero-order valence-electron chi connectivity index (χ0n) is 12.0. The average molecular weight is 270 g/mol. The fourth-order valence-electron chi connectivity index (χ4n) is 2.67. The van der Waals surface area contributed by atoms with E-state index in [1.165, 1.54) is 0 Å². The number of piperazine rings is 1. The van der Waals surface area contributed by atoms with Crippen molar-refractivity contribution in [3.05, 3.63) is 0 Å². The van der Waals surface area contributed by atoms with Gasteiger partial charge in [0.1, 0.15) is 0 Å². The van der Waals surface area contributed by atoms with E-state index in [4.69, 9.17) is 10.5 Å². The van der Waals surface area contributed by atoms with Gasteiger partial charge in [-0.25, -0.2) is 0 Å². The molecule has 2 aliphatic heterocycles. The third-order valence-corrected chi connectivity index (χ3v) is 4.32. The molecule has 6 heteroatoms. The number of nitrogens with zero attached hydrogens (tertiary/aromatic N) is 2. The number of hydrogen-bond donors (Lipinski definition) is 2. The van der Waals surface area contributed by atoms with Gasteiger partial charge in [-0.1, -0.05) is 0 Å². The Morgan fingerprint density at radius 1 is 1.37 bits per heavy atom. The van der Waals surface area contributed by atoms with Crippen molar-refractivity contribution in [2.75, 3.05) is 53.5 Å². The monoisotopic (exact) mass is 270 g/mol. The van der Waals surface area contributed by atoms with Crippen molar-refractivity contribution in [3.8, 4) is 0 Å². The van der Waals surface area contributed by atoms with E-state index < -0.39 is 5.54 Å². The predicted molar refractivity (Wildman–Crippen MR) is 73.9 cm³/mol. The van der Waals surface area contributed by atoms with Crippen LogP contribution in [0.15, 0.2) is 0 Å². The predicted octanol–water partition coefficient (Wildman–Crippen LogP) is -1.14. The summed E-state index contributed by atoms with van der Waals surface area (Å²) in [5.74, 6) is -0.0302. The first-order valence-corrected chi connectivity index (χ1v) is 7.05. The van der Waals surface area contributed by atoms with E-state index in [-0.39, 0.29) is 5.91 Å². The molecule has 2 rings (SSSR count). The molecule has 0 aromatic carbocycles. The van der Waals surface area contributed by atoms with Gasteiger partial charge in [0.2, 0.25) is 5.91 Å². The number of ether oxygens (including phenoxy) is 1. The molecule has 19 heavy (non-hydrogen) atoms. The van der Waals surface area contributed by atoms with Crippen LogP contribution in [0.1, 0.15) is 12.8 Å². The van der Waals surface area contributed by atoms with Crippen LogP contribution < -0.4 is 11.1 Å². The summed E-state index contributed by atoms with van der Waals surface area (Å²) in [5.41, 5.74) is 5.43. The van der Waals surface area contributed by atoms with Crippen molar-refractivity contribution in [3.63, 3.8) is 0 Å². The third-order valence-electron chi connectivity index (χ3n) is 4.32. The maximum absolute atomic E-state index is 12.2. The lowest BCUT2D eigenvalue weighted by Gasteiger charge is -2.38. The summed E-state index contributed by atoms with van der Waals surface area (Å²) in [7, 11) is 4.22. The molecule has 1 atom stereocenters. The number of nitrogens with two attached hydrogens (primary N) is 1. The van der Waals surface area contributed by atoms with E-state index in [1.807, 2.05) is 0 Å². The van der Waals surface area contributed by atoms with Gasteiger partial charge < -0.3 is 20.7 Å². The summed E-state index contributed by atoms with van der Waals surface area (Å²) < 4.78 is 5.27. The van der Waals surface area contributed by atoms with Crippen molar-refractivity contribution < 1.29 is 9.53 Å². The second kappa shape index (κ2) is 6.17. The first-order valence-electron chi connectivity index (χ1n) is 7.05. The van der Waals surface area contributed by atoms with Crippen LogP contribution in [0.2, 0.25) is 0 Å². The van der Waals surface area contributed by atoms with E-state index in [9.17, 15) is 4.79 Å². The highest BCUT2D eigenvalue weighted by molar-refractivity contribution is 5.86. The van der Waals surface area contributed by atoms with E-state index in [0.29, 0.717) is 38.6 Å². The van der Waals surface area contributed by atoms with Crippen molar-refractivity contribution in [1.82, 2.24) is 15.1 Å². The maximum Gasteiger partial charge on any atom is 0.240 e. The highest BCUT2D eigenvalue weighted by Crippen LogP contribution is 2.17. The van der Waals surface area contributed by atoms with Crippen LogP contribution in [0.5, 0.6) is 0 Å². The highest BCUT2D eigenvalue weighted by Gasteiger charge is 2.36. The molecular weight excluding hydrogens is 244 g/mol. The summed E-state index contributed by atoms with van der Waals surface area (Å²) in [6, 6.07) is 0.367. The molecular formula is C13H26N4O2. The number of likely N-dealkylation sites (N-methyl/N-ethyl adjacent to an activating group) is 2. The fraction of sp³-hybridized carbons (Fsp3) is 0.923. The van der Waals surface area contributed by atoms with Crippen molar-refractivity contribution in [2.45, 2.75) is 24.4 Å². The van der Waals surface area contributed by atoms with Gasteiger partial charge in [-0.2, -0.15) is 0 Å². The van der Waals surface area contributed by atoms with Gasteiger partial charge in [-0.15, -0.1) is 0 Å². The Bertz CT molecular complexity index is 318. The molecule has 2 saturated heterocycles. The van der Waals surface area contributed by atoms with Gasteiger partial charge in [0, 0.05) is 45.4 Å². The lowest BCUT2D eigenvalue weighted by atomic mass is 9.90. The zero-order valence-corrected chi connectivity index (χ0v) is 12.0. The summed E-state index contributed by atoms with van der Waals surface area (Å²) in [6.45, 7) is 4.93.